The summed E-state index contributed by atoms with van der Waals surface area (Å²) in [6.07, 6.45) is 0. The van der Waals surface area contributed by atoms with Crippen LogP contribution in [-0.2, 0) is 0 Å². The monoisotopic (exact) mass is 257 g/mol. The molecule has 0 fully saturated rings. The summed E-state index contributed by atoms with van der Waals surface area (Å²) in [7, 11) is 0. The van der Waals surface area contributed by atoms with Crippen LogP contribution in [0.1, 0.15) is 15.9 Å². The number of nitrogens with one attached hydrogen (secondary N) is 1. The number of amides is 1. The number of hydrogen-bond acceptors (Lipinski definition) is 2. The summed E-state index contributed by atoms with van der Waals surface area (Å²) in [4.78, 5) is 11.5. The van der Waals surface area contributed by atoms with Gasteiger partial charge in [-0.3, -0.25) is 4.79 Å². The van der Waals surface area contributed by atoms with Crippen LogP contribution in [0.15, 0.2) is 22.7 Å². The molecule has 0 bridgehead atoms. The molecule has 0 aromatic heterocycles. The van der Waals surface area contributed by atoms with Gasteiger partial charge in [0.05, 0.1) is 6.61 Å². The second-order valence-corrected chi connectivity index (χ2v) is 3.85. The minimum Gasteiger partial charge on any atom is -0.395 e. The van der Waals surface area contributed by atoms with E-state index in [1.54, 1.807) is 6.07 Å². The fourth-order valence-corrected chi connectivity index (χ4v) is 1.46. The number of hydrogen-bond donors (Lipinski definition) is 2. The Bertz CT molecular complexity index is 339. The first-order chi connectivity index (χ1) is 6.65. The SMILES string of the molecule is Cc1ccc(Br)cc1C(=O)NCCO. The molecular formula is C10H12BrNO2. The predicted octanol–water partition coefficient (Wildman–Crippen LogP) is 1.48. The first kappa shape index (κ1) is 11.2. The molecule has 1 aromatic rings. The zero-order valence-electron chi connectivity index (χ0n) is 7.88. The zero-order valence-corrected chi connectivity index (χ0v) is 9.47. The van der Waals surface area contributed by atoms with Crippen molar-refractivity contribution in [2.45, 2.75) is 6.92 Å². The average molecular weight is 258 g/mol. The van der Waals surface area contributed by atoms with Gasteiger partial charge < -0.3 is 10.4 Å². The molecule has 0 aliphatic carbocycles. The molecule has 76 valence electrons. The van der Waals surface area contributed by atoms with Crippen molar-refractivity contribution in [2.75, 3.05) is 13.2 Å². The van der Waals surface area contributed by atoms with Crippen molar-refractivity contribution in [2.24, 2.45) is 0 Å². The second-order valence-electron chi connectivity index (χ2n) is 2.94. The highest BCUT2D eigenvalue weighted by molar-refractivity contribution is 9.10. The minimum absolute atomic E-state index is 0.0429. The van der Waals surface area contributed by atoms with Gasteiger partial charge in [0.15, 0.2) is 0 Å². The fraction of sp³-hybridized carbons (Fsp3) is 0.300. The Balaban J connectivity index is 2.83. The summed E-state index contributed by atoms with van der Waals surface area (Å²) in [5, 5.41) is 11.2. The van der Waals surface area contributed by atoms with Crippen molar-refractivity contribution in [1.29, 1.82) is 0 Å². The lowest BCUT2D eigenvalue weighted by Crippen LogP contribution is -2.26. The highest BCUT2D eigenvalue weighted by atomic mass is 79.9. The molecule has 1 aromatic carbocycles. The number of carbonyl (C=O) groups is 1. The molecule has 0 saturated carbocycles. The lowest BCUT2D eigenvalue weighted by Gasteiger charge is -2.06. The quantitative estimate of drug-likeness (QED) is 0.862. The Labute approximate surface area is 91.3 Å². The third kappa shape index (κ3) is 2.82. The highest BCUT2D eigenvalue weighted by Gasteiger charge is 2.07. The predicted molar refractivity (Wildman–Crippen MR) is 58.3 cm³/mol. The van der Waals surface area contributed by atoms with Gasteiger partial charge in [-0.1, -0.05) is 22.0 Å². The van der Waals surface area contributed by atoms with E-state index >= 15 is 0 Å². The molecule has 3 nitrogen and oxygen atoms in total. The van der Waals surface area contributed by atoms with Crippen LogP contribution in [0.5, 0.6) is 0 Å². The van der Waals surface area contributed by atoms with E-state index in [1.165, 1.54) is 0 Å². The normalized spacial score (nSPS) is 9.93. The summed E-state index contributed by atoms with van der Waals surface area (Å²) in [5.74, 6) is -0.155. The van der Waals surface area contributed by atoms with Gasteiger partial charge in [0, 0.05) is 16.6 Å². The van der Waals surface area contributed by atoms with Crippen molar-refractivity contribution in [1.82, 2.24) is 5.32 Å². The van der Waals surface area contributed by atoms with Crippen LogP contribution >= 0.6 is 15.9 Å². The molecule has 1 rings (SSSR count). The van der Waals surface area contributed by atoms with E-state index in [0.717, 1.165) is 10.0 Å². The van der Waals surface area contributed by atoms with Crippen molar-refractivity contribution in [3.8, 4) is 0 Å². The second kappa shape index (κ2) is 5.12. The lowest BCUT2D eigenvalue weighted by atomic mass is 10.1. The first-order valence-electron chi connectivity index (χ1n) is 4.30. The van der Waals surface area contributed by atoms with Gasteiger partial charge in [-0.15, -0.1) is 0 Å². The van der Waals surface area contributed by atoms with Crippen LogP contribution in [0.2, 0.25) is 0 Å². The van der Waals surface area contributed by atoms with E-state index in [2.05, 4.69) is 21.2 Å². The topological polar surface area (TPSA) is 49.3 Å². The Kier molecular flexibility index (Phi) is 4.10. The molecule has 4 heteroatoms. The molecule has 1 amide bonds. The summed E-state index contributed by atoms with van der Waals surface area (Å²) < 4.78 is 0.872. The summed E-state index contributed by atoms with van der Waals surface area (Å²) >= 11 is 3.30. The summed E-state index contributed by atoms with van der Waals surface area (Å²) in [6, 6.07) is 5.53. The molecule has 0 aliphatic heterocycles. The van der Waals surface area contributed by atoms with Crippen LogP contribution in [-0.4, -0.2) is 24.2 Å². The molecular weight excluding hydrogens is 246 g/mol. The number of benzene rings is 1. The van der Waals surface area contributed by atoms with Crippen LogP contribution in [0, 0.1) is 6.92 Å². The van der Waals surface area contributed by atoms with Gasteiger partial charge in [0.25, 0.3) is 5.91 Å². The maximum atomic E-state index is 11.5. The Hall–Kier alpha value is -0.870. The van der Waals surface area contributed by atoms with E-state index < -0.39 is 0 Å². The maximum absolute atomic E-state index is 11.5. The zero-order chi connectivity index (χ0) is 10.6. The van der Waals surface area contributed by atoms with Gasteiger partial charge >= 0.3 is 0 Å². The van der Waals surface area contributed by atoms with Gasteiger partial charge in [-0.2, -0.15) is 0 Å². The standard InChI is InChI=1S/C10H12BrNO2/c1-7-2-3-8(11)6-9(7)10(14)12-4-5-13/h2-3,6,13H,4-5H2,1H3,(H,12,14). The summed E-state index contributed by atoms with van der Waals surface area (Å²) in [6.45, 7) is 2.11. The van der Waals surface area contributed by atoms with E-state index in [1.807, 2.05) is 19.1 Å². The van der Waals surface area contributed by atoms with Gasteiger partial charge in [-0.25, -0.2) is 0 Å². The number of aliphatic hydroxyl groups is 1. The van der Waals surface area contributed by atoms with Crippen LogP contribution < -0.4 is 5.32 Å². The van der Waals surface area contributed by atoms with E-state index in [4.69, 9.17) is 5.11 Å². The Morgan fingerprint density at radius 2 is 2.29 bits per heavy atom. The van der Waals surface area contributed by atoms with Gasteiger partial charge in [0.1, 0.15) is 0 Å². The first-order valence-corrected chi connectivity index (χ1v) is 5.09. The van der Waals surface area contributed by atoms with Crippen molar-refractivity contribution < 1.29 is 9.90 Å². The van der Waals surface area contributed by atoms with Crippen molar-refractivity contribution in [3.05, 3.63) is 33.8 Å². The molecule has 14 heavy (non-hydrogen) atoms. The molecule has 0 heterocycles. The van der Waals surface area contributed by atoms with E-state index in [0.29, 0.717) is 5.56 Å². The van der Waals surface area contributed by atoms with Gasteiger partial charge in [0.2, 0.25) is 0 Å². The average Bonchev–Trinajstić information content (AvgIpc) is 2.18. The highest BCUT2D eigenvalue weighted by Crippen LogP contribution is 2.15. The lowest BCUT2D eigenvalue weighted by molar-refractivity contribution is 0.0944. The molecule has 0 aliphatic rings. The van der Waals surface area contributed by atoms with E-state index in [9.17, 15) is 4.79 Å². The summed E-state index contributed by atoms with van der Waals surface area (Å²) in [5.41, 5.74) is 1.55. The molecule has 0 atom stereocenters. The maximum Gasteiger partial charge on any atom is 0.251 e. The van der Waals surface area contributed by atoms with Crippen LogP contribution in [0.4, 0.5) is 0 Å². The van der Waals surface area contributed by atoms with Crippen LogP contribution in [0.3, 0.4) is 0 Å². The van der Waals surface area contributed by atoms with Crippen molar-refractivity contribution >= 4 is 21.8 Å². The molecule has 0 saturated heterocycles. The number of aliphatic hydroxyl groups excluding tert-OH is 1. The number of halogens is 1. The fourth-order valence-electron chi connectivity index (χ4n) is 1.10. The van der Waals surface area contributed by atoms with E-state index in [-0.39, 0.29) is 19.1 Å². The molecule has 2 N–H and O–H groups in total. The minimum atomic E-state index is -0.155. The third-order valence-corrected chi connectivity index (χ3v) is 2.33. The molecule has 0 unspecified atom stereocenters. The number of rotatable bonds is 3. The Morgan fingerprint density at radius 3 is 2.93 bits per heavy atom. The Morgan fingerprint density at radius 1 is 1.57 bits per heavy atom. The molecule has 0 radical (unpaired) electrons. The number of aryl methyl sites for hydroxylation is 1. The van der Waals surface area contributed by atoms with Crippen molar-refractivity contribution in [3.63, 3.8) is 0 Å². The third-order valence-electron chi connectivity index (χ3n) is 1.84. The smallest absolute Gasteiger partial charge is 0.251 e. The molecule has 0 spiro atoms. The van der Waals surface area contributed by atoms with Gasteiger partial charge in [-0.05, 0) is 24.6 Å². The van der Waals surface area contributed by atoms with Crippen LogP contribution in [0.25, 0.3) is 0 Å². The number of carbonyl (C=O) groups excluding carboxylic acids is 1. The largest absolute Gasteiger partial charge is 0.395 e.